The maximum absolute atomic E-state index is 12.1. The highest BCUT2D eigenvalue weighted by Gasteiger charge is 2.44. The Kier molecular flexibility index (Phi) is 5.91. The summed E-state index contributed by atoms with van der Waals surface area (Å²) in [5.74, 6) is 1.72. The van der Waals surface area contributed by atoms with Gasteiger partial charge in [0.05, 0.1) is 13.2 Å². The Hall–Kier alpha value is -2.33. The zero-order valence-corrected chi connectivity index (χ0v) is 17.5. The highest BCUT2D eigenvalue weighted by atomic mass is 16.5. The zero-order chi connectivity index (χ0) is 20.3. The van der Waals surface area contributed by atoms with Crippen molar-refractivity contribution in [3.8, 4) is 11.5 Å². The molecule has 1 saturated heterocycles. The van der Waals surface area contributed by atoms with Crippen molar-refractivity contribution in [2.45, 2.75) is 51.2 Å². The highest BCUT2D eigenvalue weighted by molar-refractivity contribution is 5.63. The number of hydrogen-bond acceptors (Lipinski definition) is 4. The largest absolute Gasteiger partial charge is 0.493 e. The summed E-state index contributed by atoms with van der Waals surface area (Å²) >= 11 is 0. The van der Waals surface area contributed by atoms with Crippen molar-refractivity contribution in [3.63, 3.8) is 0 Å². The molecule has 1 heterocycles. The molecule has 2 fully saturated rings. The van der Waals surface area contributed by atoms with Gasteiger partial charge in [0.15, 0.2) is 11.5 Å². The SMILES string of the molecule is COc1ccc([C@@H]2CN(Cc3ccccc3)C[C@@]2(C)C=O)cc1OC1CCCC1. The van der Waals surface area contributed by atoms with Gasteiger partial charge in [-0.3, -0.25) is 4.90 Å². The van der Waals surface area contributed by atoms with Crippen LogP contribution in [-0.4, -0.2) is 37.5 Å². The van der Waals surface area contributed by atoms with Gasteiger partial charge in [-0.2, -0.15) is 0 Å². The molecular formula is C25H31NO3. The Morgan fingerprint density at radius 3 is 2.55 bits per heavy atom. The van der Waals surface area contributed by atoms with Gasteiger partial charge in [0, 0.05) is 31.0 Å². The third-order valence-corrected chi connectivity index (χ3v) is 6.51. The van der Waals surface area contributed by atoms with E-state index in [9.17, 15) is 4.79 Å². The normalized spacial score (nSPS) is 25.2. The van der Waals surface area contributed by atoms with Crippen LogP contribution in [0.4, 0.5) is 0 Å². The summed E-state index contributed by atoms with van der Waals surface area (Å²) < 4.78 is 11.8. The second-order valence-corrected chi connectivity index (χ2v) is 8.77. The molecule has 29 heavy (non-hydrogen) atoms. The van der Waals surface area contributed by atoms with Crippen LogP contribution in [-0.2, 0) is 11.3 Å². The number of methoxy groups -OCH3 is 1. The first-order valence-electron chi connectivity index (χ1n) is 10.7. The number of likely N-dealkylation sites (tertiary alicyclic amines) is 1. The third kappa shape index (κ3) is 4.32. The molecule has 1 saturated carbocycles. The lowest BCUT2D eigenvalue weighted by atomic mass is 9.77. The fourth-order valence-electron chi connectivity index (χ4n) is 4.88. The van der Waals surface area contributed by atoms with Gasteiger partial charge in [-0.25, -0.2) is 0 Å². The average Bonchev–Trinajstić information content (AvgIpc) is 3.37. The van der Waals surface area contributed by atoms with Crippen molar-refractivity contribution >= 4 is 6.29 Å². The maximum Gasteiger partial charge on any atom is 0.161 e. The highest BCUT2D eigenvalue weighted by Crippen LogP contribution is 2.44. The van der Waals surface area contributed by atoms with E-state index in [-0.39, 0.29) is 12.0 Å². The van der Waals surface area contributed by atoms with Gasteiger partial charge in [0.25, 0.3) is 0 Å². The Morgan fingerprint density at radius 1 is 1.10 bits per heavy atom. The Bertz CT molecular complexity index is 831. The summed E-state index contributed by atoms with van der Waals surface area (Å²) in [4.78, 5) is 14.5. The molecule has 154 valence electrons. The van der Waals surface area contributed by atoms with Crippen molar-refractivity contribution in [3.05, 3.63) is 59.7 Å². The van der Waals surface area contributed by atoms with E-state index in [1.807, 2.05) is 12.1 Å². The van der Waals surface area contributed by atoms with E-state index >= 15 is 0 Å². The van der Waals surface area contributed by atoms with Crippen molar-refractivity contribution in [1.29, 1.82) is 0 Å². The Balaban J connectivity index is 1.57. The van der Waals surface area contributed by atoms with Gasteiger partial charge in [-0.05, 0) is 48.9 Å². The van der Waals surface area contributed by atoms with Gasteiger partial charge in [-0.15, -0.1) is 0 Å². The van der Waals surface area contributed by atoms with Crippen LogP contribution in [0.1, 0.15) is 49.7 Å². The second kappa shape index (κ2) is 8.58. The first kappa shape index (κ1) is 20.0. The van der Waals surface area contributed by atoms with E-state index in [4.69, 9.17) is 9.47 Å². The first-order chi connectivity index (χ1) is 14.1. The van der Waals surface area contributed by atoms with Gasteiger partial charge >= 0.3 is 0 Å². The summed E-state index contributed by atoms with van der Waals surface area (Å²) in [7, 11) is 1.68. The summed E-state index contributed by atoms with van der Waals surface area (Å²) in [5, 5.41) is 0. The van der Waals surface area contributed by atoms with Crippen LogP contribution in [0.2, 0.25) is 0 Å². The molecule has 4 nitrogen and oxygen atoms in total. The molecule has 4 heteroatoms. The lowest BCUT2D eigenvalue weighted by Crippen LogP contribution is -2.28. The number of benzene rings is 2. The first-order valence-corrected chi connectivity index (χ1v) is 10.7. The lowest BCUT2D eigenvalue weighted by Gasteiger charge is -2.25. The van der Waals surface area contributed by atoms with E-state index in [1.54, 1.807) is 7.11 Å². The molecule has 0 N–H and O–H groups in total. The van der Waals surface area contributed by atoms with E-state index in [2.05, 4.69) is 48.2 Å². The van der Waals surface area contributed by atoms with Gasteiger partial charge < -0.3 is 14.3 Å². The quantitative estimate of drug-likeness (QED) is 0.632. The molecule has 0 aromatic heterocycles. The molecule has 4 rings (SSSR count). The third-order valence-electron chi connectivity index (χ3n) is 6.51. The molecule has 0 bridgehead atoms. The predicted molar refractivity (Wildman–Crippen MR) is 115 cm³/mol. The smallest absolute Gasteiger partial charge is 0.161 e. The van der Waals surface area contributed by atoms with Crippen LogP contribution in [0.3, 0.4) is 0 Å². The van der Waals surface area contributed by atoms with Crippen LogP contribution < -0.4 is 9.47 Å². The number of rotatable bonds is 7. The number of hydrogen-bond donors (Lipinski definition) is 0. The fraction of sp³-hybridized carbons (Fsp3) is 0.480. The molecular weight excluding hydrogens is 362 g/mol. The van der Waals surface area contributed by atoms with Crippen molar-refractivity contribution in [2.75, 3.05) is 20.2 Å². The minimum absolute atomic E-state index is 0.139. The molecule has 0 unspecified atom stereocenters. The predicted octanol–water partition coefficient (Wildman–Crippen LogP) is 4.82. The summed E-state index contributed by atoms with van der Waals surface area (Å²) in [6, 6.07) is 16.7. The summed E-state index contributed by atoms with van der Waals surface area (Å²) in [6.45, 7) is 4.57. The molecule has 0 amide bonds. The zero-order valence-electron chi connectivity index (χ0n) is 17.5. The molecule has 2 aliphatic rings. The van der Waals surface area contributed by atoms with Crippen LogP contribution >= 0.6 is 0 Å². The minimum atomic E-state index is -0.409. The van der Waals surface area contributed by atoms with E-state index < -0.39 is 5.41 Å². The Labute approximate surface area is 173 Å². The molecule has 2 aromatic rings. The van der Waals surface area contributed by atoms with Crippen LogP contribution in [0.15, 0.2) is 48.5 Å². The summed E-state index contributed by atoms with van der Waals surface area (Å²) in [6.07, 6.45) is 6.08. The molecule has 1 aliphatic carbocycles. The van der Waals surface area contributed by atoms with Crippen LogP contribution in [0.5, 0.6) is 11.5 Å². The monoisotopic (exact) mass is 393 g/mol. The number of nitrogens with zero attached hydrogens (tertiary/aromatic N) is 1. The molecule has 0 radical (unpaired) electrons. The van der Waals surface area contributed by atoms with Crippen molar-refractivity contribution < 1.29 is 14.3 Å². The van der Waals surface area contributed by atoms with Gasteiger partial charge in [0.1, 0.15) is 6.29 Å². The lowest BCUT2D eigenvalue weighted by molar-refractivity contribution is -0.115. The van der Waals surface area contributed by atoms with E-state index in [0.717, 1.165) is 55.8 Å². The fourth-order valence-corrected chi connectivity index (χ4v) is 4.88. The van der Waals surface area contributed by atoms with E-state index in [1.165, 1.54) is 18.4 Å². The van der Waals surface area contributed by atoms with Crippen molar-refractivity contribution in [1.82, 2.24) is 4.90 Å². The number of aldehydes is 1. The number of ether oxygens (including phenoxy) is 2. The van der Waals surface area contributed by atoms with Crippen LogP contribution in [0, 0.1) is 5.41 Å². The van der Waals surface area contributed by atoms with Crippen LogP contribution in [0.25, 0.3) is 0 Å². The molecule has 2 aromatic carbocycles. The van der Waals surface area contributed by atoms with Crippen molar-refractivity contribution in [2.24, 2.45) is 5.41 Å². The van der Waals surface area contributed by atoms with Gasteiger partial charge in [-0.1, -0.05) is 43.3 Å². The topological polar surface area (TPSA) is 38.8 Å². The molecule has 2 atom stereocenters. The maximum atomic E-state index is 12.1. The average molecular weight is 394 g/mol. The Morgan fingerprint density at radius 2 is 1.86 bits per heavy atom. The standard InChI is InChI=1S/C25H31NO3/c1-25(18-27)17-26(15-19-8-4-3-5-9-19)16-22(25)20-12-13-23(28-2)24(14-20)29-21-10-6-7-11-21/h3-5,8-9,12-14,18,21-22H,6-7,10-11,15-17H2,1-2H3/t22-,25-/m0/s1. The summed E-state index contributed by atoms with van der Waals surface area (Å²) in [5.41, 5.74) is 2.03. The molecule has 1 aliphatic heterocycles. The minimum Gasteiger partial charge on any atom is -0.493 e. The number of carbonyl (C=O) groups is 1. The number of carbonyl (C=O) groups excluding carboxylic acids is 1. The molecule has 0 spiro atoms. The van der Waals surface area contributed by atoms with Gasteiger partial charge in [0.2, 0.25) is 0 Å². The van der Waals surface area contributed by atoms with E-state index in [0.29, 0.717) is 0 Å². The second-order valence-electron chi connectivity index (χ2n) is 8.77.